The SMILES string of the molecule is CC(CCCN)C(=O)N1CCCC1c1cccs1. The molecule has 1 saturated heterocycles. The van der Waals surface area contributed by atoms with E-state index in [0.717, 1.165) is 32.2 Å². The number of likely N-dealkylation sites (tertiary alicyclic amines) is 1. The first kappa shape index (κ1) is 13.6. The van der Waals surface area contributed by atoms with Gasteiger partial charge in [-0.3, -0.25) is 4.79 Å². The lowest BCUT2D eigenvalue weighted by Gasteiger charge is -2.27. The lowest BCUT2D eigenvalue weighted by Crippen LogP contribution is -2.34. The van der Waals surface area contributed by atoms with Crippen molar-refractivity contribution in [3.05, 3.63) is 22.4 Å². The molecule has 100 valence electrons. The number of thiophene rings is 1. The minimum atomic E-state index is 0.106. The van der Waals surface area contributed by atoms with Crippen LogP contribution < -0.4 is 5.73 Å². The quantitative estimate of drug-likeness (QED) is 0.890. The van der Waals surface area contributed by atoms with E-state index in [4.69, 9.17) is 5.73 Å². The largest absolute Gasteiger partial charge is 0.335 e. The van der Waals surface area contributed by atoms with Gasteiger partial charge < -0.3 is 10.6 Å². The molecule has 0 aromatic carbocycles. The topological polar surface area (TPSA) is 46.3 Å². The van der Waals surface area contributed by atoms with Crippen LogP contribution in [0.4, 0.5) is 0 Å². The monoisotopic (exact) mass is 266 g/mol. The van der Waals surface area contributed by atoms with Gasteiger partial charge in [0.25, 0.3) is 0 Å². The minimum absolute atomic E-state index is 0.106. The Labute approximate surface area is 113 Å². The van der Waals surface area contributed by atoms with E-state index in [-0.39, 0.29) is 5.92 Å². The number of nitrogens with two attached hydrogens (primary N) is 1. The third kappa shape index (κ3) is 2.93. The second-order valence-electron chi connectivity index (χ2n) is 5.04. The predicted molar refractivity (Wildman–Crippen MR) is 75.5 cm³/mol. The smallest absolute Gasteiger partial charge is 0.225 e. The van der Waals surface area contributed by atoms with Gasteiger partial charge in [-0.2, -0.15) is 0 Å². The van der Waals surface area contributed by atoms with Crippen molar-refractivity contribution < 1.29 is 4.79 Å². The first-order chi connectivity index (χ1) is 8.74. The summed E-state index contributed by atoms with van der Waals surface area (Å²) < 4.78 is 0. The number of hydrogen-bond acceptors (Lipinski definition) is 3. The molecule has 0 bridgehead atoms. The van der Waals surface area contributed by atoms with Crippen molar-refractivity contribution in [2.75, 3.05) is 13.1 Å². The summed E-state index contributed by atoms with van der Waals surface area (Å²) in [5.74, 6) is 0.411. The van der Waals surface area contributed by atoms with E-state index in [9.17, 15) is 4.79 Å². The number of carbonyl (C=O) groups is 1. The molecule has 0 spiro atoms. The fourth-order valence-corrected chi connectivity index (χ4v) is 3.51. The fourth-order valence-electron chi connectivity index (χ4n) is 2.64. The van der Waals surface area contributed by atoms with Crippen LogP contribution in [0.25, 0.3) is 0 Å². The molecule has 0 radical (unpaired) electrons. The summed E-state index contributed by atoms with van der Waals surface area (Å²) in [6.45, 7) is 3.61. The van der Waals surface area contributed by atoms with Gasteiger partial charge in [-0.1, -0.05) is 13.0 Å². The Morgan fingerprint density at radius 3 is 3.17 bits per heavy atom. The third-order valence-electron chi connectivity index (χ3n) is 3.67. The Bertz CT molecular complexity index is 377. The van der Waals surface area contributed by atoms with Crippen molar-refractivity contribution in [3.63, 3.8) is 0 Å². The predicted octanol–water partition coefficient (Wildman–Crippen LogP) is 2.79. The van der Waals surface area contributed by atoms with Gasteiger partial charge in [0.15, 0.2) is 0 Å². The Kier molecular flexibility index (Phi) is 4.78. The van der Waals surface area contributed by atoms with Crippen LogP contribution in [0.5, 0.6) is 0 Å². The van der Waals surface area contributed by atoms with Crippen LogP contribution in [0.3, 0.4) is 0 Å². The van der Waals surface area contributed by atoms with Crippen LogP contribution in [0, 0.1) is 5.92 Å². The maximum absolute atomic E-state index is 12.4. The van der Waals surface area contributed by atoms with E-state index in [2.05, 4.69) is 22.4 Å². The van der Waals surface area contributed by atoms with Crippen molar-refractivity contribution in [1.29, 1.82) is 0 Å². The summed E-state index contributed by atoms with van der Waals surface area (Å²) in [6, 6.07) is 4.53. The molecule has 1 aliphatic rings. The summed E-state index contributed by atoms with van der Waals surface area (Å²) >= 11 is 1.76. The molecule has 3 nitrogen and oxygen atoms in total. The standard InChI is InChI=1S/C14H22N2OS/c1-11(5-2-8-15)14(17)16-9-3-6-12(16)13-7-4-10-18-13/h4,7,10-12H,2-3,5-6,8-9,15H2,1H3. The summed E-state index contributed by atoms with van der Waals surface area (Å²) in [7, 11) is 0. The molecule has 0 saturated carbocycles. The molecule has 2 N–H and O–H groups in total. The molecule has 2 atom stereocenters. The van der Waals surface area contributed by atoms with Gasteiger partial charge in [-0.05, 0) is 43.7 Å². The minimum Gasteiger partial charge on any atom is -0.335 e. The highest BCUT2D eigenvalue weighted by molar-refractivity contribution is 7.10. The summed E-state index contributed by atoms with van der Waals surface area (Å²) in [5.41, 5.74) is 5.51. The van der Waals surface area contributed by atoms with Crippen molar-refractivity contribution in [3.8, 4) is 0 Å². The van der Waals surface area contributed by atoms with E-state index in [1.54, 1.807) is 11.3 Å². The van der Waals surface area contributed by atoms with Crippen molar-refractivity contribution >= 4 is 17.2 Å². The van der Waals surface area contributed by atoms with Gasteiger partial charge >= 0.3 is 0 Å². The summed E-state index contributed by atoms with van der Waals surface area (Å²) in [5, 5.41) is 2.09. The molecule has 1 aliphatic heterocycles. The fraction of sp³-hybridized carbons (Fsp3) is 0.643. The zero-order valence-electron chi connectivity index (χ0n) is 11.0. The Morgan fingerprint density at radius 1 is 1.67 bits per heavy atom. The number of hydrogen-bond donors (Lipinski definition) is 1. The van der Waals surface area contributed by atoms with Crippen molar-refractivity contribution in [2.24, 2.45) is 11.7 Å². The van der Waals surface area contributed by atoms with E-state index >= 15 is 0 Å². The number of rotatable bonds is 5. The molecule has 1 aromatic rings. The zero-order valence-corrected chi connectivity index (χ0v) is 11.8. The highest BCUT2D eigenvalue weighted by Crippen LogP contribution is 2.35. The normalized spacial score (nSPS) is 21.2. The average Bonchev–Trinajstić information content (AvgIpc) is 3.03. The number of nitrogens with zero attached hydrogens (tertiary/aromatic N) is 1. The Morgan fingerprint density at radius 2 is 2.50 bits per heavy atom. The summed E-state index contributed by atoms with van der Waals surface area (Å²) in [6.07, 6.45) is 4.07. The molecular weight excluding hydrogens is 244 g/mol. The number of carbonyl (C=O) groups excluding carboxylic acids is 1. The lowest BCUT2D eigenvalue weighted by molar-refractivity contribution is -0.136. The second-order valence-corrected chi connectivity index (χ2v) is 6.02. The van der Waals surface area contributed by atoms with Gasteiger partial charge in [-0.25, -0.2) is 0 Å². The first-order valence-electron chi connectivity index (χ1n) is 6.78. The maximum atomic E-state index is 12.4. The number of amides is 1. The lowest BCUT2D eigenvalue weighted by atomic mass is 10.0. The Balaban J connectivity index is 2.00. The highest BCUT2D eigenvalue weighted by atomic mass is 32.1. The van der Waals surface area contributed by atoms with Gasteiger partial charge in [0.05, 0.1) is 6.04 Å². The summed E-state index contributed by atoms with van der Waals surface area (Å²) in [4.78, 5) is 15.8. The van der Waals surface area contributed by atoms with Crippen LogP contribution in [0.2, 0.25) is 0 Å². The molecule has 18 heavy (non-hydrogen) atoms. The average molecular weight is 266 g/mol. The van der Waals surface area contributed by atoms with Crippen molar-refractivity contribution in [2.45, 2.75) is 38.6 Å². The second kappa shape index (κ2) is 6.34. The molecule has 1 fully saturated rings. The van der Waals surface area contributed by atoms with Crippen LogP contribution in [0.1, 0.15) is 43.5 Å². The van der Waals surface area contributed by atoms with Gasteiger partial charge in [0.2, 0.25) is 5.91 Å². The van der Waals surface area contributed by atoms with Gasteiger partial charge in [-0.15, -0.1) is 11.3 Å². The van der Waals surface area contributed by atoms with Gasteiger partial charge in [0.1, 0.15) is 0 Å². The highest BCUT2D eigenvalue weighted by Gasteiger charge is 2.32. The van der Waals surface area contributed by atoms with Crippen LogP contribution in [-0.4, -0.2) is 23.9 Å². The first-order valence-corrected chi connectivity index (χ1v) is 7.66. The van der Waals surface area contributed by atoms with E-state index in [1.807, 2.05) is 6.92 Å². The molecule has 2 heterocycles. The molecule has 1 aromatic heterocycles. The van der Waals surface area contributed by atoms with Crippen molar-refractivity contribution in [1.82, 2.24) is 4.90 Å². The van der Waals surface area contributed by atoms with E-state index in [0.29, 0.717) is 18.5 Å². The Hall–Kier alpha value is -0.870. The molecule has 2 unspecified atom stereocenters. The van der Waals surface area contributed by atoms with E-state index < -0.39 is 0 Å². The zero-order chi connectivity index (χ0) is 13.0. The molecule has 4 heteroatoms. The van der Waals surface area contributed by atoms with Crippen LogP contribution in [-0.2, 0) is 4.79 Å². The maximum Gasteiger partial charge on any atom is 0.225 e. The molecule has 1 amide bonds. The van der Waals surface area contributed by atoms with Crippen LogP contribution >= 0.6 is 11.3 Å². The third-order valence-corrected chi connectivity index (χ3v) is 4.64. The molecule has 0 aliphatic carbocycles. The van der Waals surface area contributed by atoms with E-state index in [1.165, 1.54) is 4.88 Å². The molecular formula is C14H22N2OS. The van der Waals surface area contributed by atoms with Crippen LogP contribution in [0.15, 0.2) is 17.5 Å². The van der Waals surface area contributed by atoms with Gasteiger partial charge in [0, 0.05) is 17.3 Å². The molecule has 2 rings (SSSR count).